The van der Waals surface area contributed by atoms with Crippen LogP contribution in [0.25, 0.3) is 10.9 Å². The Kier molecular flexibility index (Phi) is 3.28. The first-order chi connectivity index (χ1) is 9.60. The van der Waals surface area contributed by atoms with Crippen molar-refractivity contribution in [2.45, 2.75) is 45.4 Å². The van der Waals surface area contributed by atoms with Crippen LogP contribution in [0.1, 0.15) is 48.9 Å². The predicted octanol–water partition coefficient (Wildman–Crippen LogP) is 4.01. The van der Waals surface area contributed by atoms with Crippen molar-refractivity contribution in [3.63, 3.8) is 0 Å². The monoisotopic (exact) mass is 271 g/mol. The van der Waals surface area contributed by atoms with E-state index < -0.39 is 5.97 Å². The smallest absolute Gasteiger partial charge is 0.303 e. The number of benzene rings is 1. The van der Waals surface area contributed by atoms with Gasteiger partial charge in [0, 0.05) is 16.6 Å². The Morgan fingerprint density at radius 3 is 2.80 bits per heavy atom. The number of nitrogens with one attached hydrogen (secondary N) is 1. The van der Waals surface area contributed by atoms with Crippen molar-refractivity contribution in [3.8, 4) is 0 Å². The molecule has 0 aliphatic heterocycles. The maximum atomic E-state index is 11.2. The molecule has 0 spiro atoms. The molecule has 1 atom stereocenters. The molecule has 1 heterocycles. The number of rotatable bonds is 5. The summed E-state index contributed by atoms with van der Waals surface area (Å²) in [5.74, 6) is 0.0183. The second kappa shape index (κ2) is 4.97. The van der Waals surface area contributed by atoms with E-state index in [1.165, 1.54) is 16.5 Å². The van der Waals surface area contributed by atoms with E-state index in [9.17, 15) is 9.90 Å². The highest BCUT2D eigenvalue weighted by Gasteiger charge is 2.36. The number of aromatic nitrogens is 1. The van der Waals surface area contributed by atoms with Gasteiger partial charge >= 0.3 is 5.97 Å². The number of carboxylic acids is 1. The van der Waals surface area contributed by atoms with E-state index in [0.29, 0.717) is 5.92 Å². The van der Waals surface area contributed by atoms with Gasteiger partial charge in [0.2, 0.25) is 0 Å². The second-order valence-corrected chi connectivity index (χ2v) is 5.94. The number of aromatic amines is 1. The molecule has 3 heteroatoms. The van der Waals surface area contributed by atoms with E-state index in [1.54, 1.807) is 0 Å². The summed E-state index contributed by atoms with van der Waals surface area (Å²) in [6, 6.07) is 6.49. The summed E-state index contributed by atoms with van der Waals surface area (Å²) < 4.78 is 0. The lowest BCUT2D eigenvalue weighted by Crippen LogP contribution is -2.09. The molecule has 3 rings (SSSR count). The number of aryl methyl sites for hydroxylation is 2. The SMILES string of the molecule is CCc1ccc2[nH]c(C)c(C(CC(=O)O)C3CC3)c2c1. The third-order valence-corrected chi connectivity index (χ3v) is 4.46. The molecule has 1 fully saturated rings. The molecule has 0 amide bonds. The number of fused-ring (bicyclic) bond motifs is 1. The van der Waals surface area contributed by atoms with Crippen LogP contribution in [-0.2, 0) is 11.2 Å². The molecule has 106 valence electrons. The van der Waals surface area contributed by atoms with Gasteiger partial charge in [0.1, 0.15) is 0 Å². The van der Waals surface area contributed by atoms with Gasteiger partial charge in [-0.1, -0.05) is 13.0 Å². The maximum absolute atomic E-state index is 11.2. The van der Waals surface area contributed by atoms with E-state index in [2.05, 4.69) is 37.0 Å². The highest BCUT2D eigenvalue weighted by Crippen LogP contribution is 2.47. The van der Waals surface area contributed by atoms with Crippen molar-refractivity contribution in [3.05, 3.63) is 35.0 Å². The highest BCUT2D eigenvalue weighted by molar-refractivity contribution is 5.86. The van der Waals surface area contributed by atoms with Crippen LogP contribution in [0.15, 0.2) is 18.2 Å². The summed E-state index contributed by atoms with van der Waals surface area (Å²) in [6.45, 7) is 4.22. The molecule has 3 nitrogen and oxygen atoms in total. The third kappa shape index (κ3) is 2.33. The van der Waals surface area contributed by atoms with Crippen molar-refractivity contribution in [1.82, 2.24) is 4.98 Å². The molecule has 20 heavy (non-hydrogen) atoms. The molecule has 2 aromatic rings. The van der Waals surface area contributed by atoms with Crippen molar-refractivity contribution >= 4 is 16.9 Å². The summed E-state index contributed by atoms with van der Waals surface area (Å²) in [6.07, 6.45) is 3.58. The van der Waals surface area contributed by atoms with Crippen LogP contribution >= 0.6 is 0 Å². The van der Waals surface area contributed by atoms with Crippen molar-refractivity contribution in [1.29, 1.82) is 0 Å². The van der Waals surface area contributed by atoms with E-state index in [1.807, 2.05) is 0 Å². The number of carboxylic acid groups (broad SMARTS) is 1. The lowest BCUT2D eigenvalue weighted by molar-refractivity contribution is -0.137. The third-order valence-electron chi connectivity index (χ3n) is 4.46. The van der Waals surface area contributed by atoms with Crippen LogP contribution in [-0.4, -0.2) is 16.1 Å². The molecule has 0 bridgehead atoms. The van der Waals surface area contributed by atoms with Gasteiger partial charge in [-0.2, -0.15) is 0 Å². The normalized spacial score (nSPS) is 16.5. The molecule has 1 aliphatic rings. The van der Waals surface area contributed by atoms with E-state index >= 15 is 0 Å². The lowest BCUT2D eigenvalue weighted by Gasteiger charge is -2.15. The predicted molar refractivity (Wildman–Crippen MR) is 80.1 cm³/mol. The number of hydrogen-bond acceptors (Lipinski definition) is 1. The minimum absolute atomic E-state index is 0.161. The first-order valence-electron chi connectivity index (χ1n) is 7.43. The van der Waals surface area contributed by atoms with Crippen LogP contribution < -0.4 is 0 Å². The Balaban J connectivity index is 2.12. The van der Waals surface area contributed by atoms with Gasteiger partial charge < -0.3 is 10.1 Å². The second-order valence-electron chi connectivity index (χ2n) is 5.94. The Labute approximate surface area is 119 Å². The van der Waals surface area contributed by atoms with Gasteiger partial charge in [-0.05, 0) is 61.3 Å². The Morgan fingerprint density at radius 2 is 2.20 bits per heavy atom. The minimum atomic E-state index is -0.692. The average Bonchev–Trinajstić information content (AvgIpc) is 3.19. The number of H-pyrrole nitrogens is 1. The Bertz CT molecular complexity index is 652. The fourth-order valence-corrected chi connectivity index (χ4v) is 3.28. The molecule has 1 aliphatic carbocycles. The zero-order valence-corrected chi connectivity index (χ0v) is 12.1. The van der Waals surface area contributed by atoms with Crippen LogP contribution in [0, 0.1) is 12.8 Å². The van der Waals surface area contributed by atoms with Gasteiger partial charge in [-0.15, -0.1) is 0 Å². The zero-order chi connectivity index (χ0) is 14.3. The average molecular weight is 271 g/mol. The largest absolute Gasteiger partial charge is 0.481 e. The molecular weight excluding hydrogens is 250 g/mol. The number of hydrogen-bond donors (Lipinski definition) is 2. The first-order valence-corrected chi connectivity index (χ1v) is 7.43. The zero-order valence-electron chi connectivity index (χ0n) is 12.1. The van der Waals surface area contributed by atoms with Gasteiger partial charge in [-0.3, -0.25) is 4.79 Å². The number of aliphatic carboxylic acids is 1. The van der Waals surface area contributed by atoms with E-state index in [-0.39, 0.29) is 12.3 Å². The van der Waals surface area contributed by atoms with Gasteiger partial charge in [0.05, 0.1) is 6.42 Å². The van der Waals surface area contributed by atoms with Crippen LogP contribution in [0.3, 0.4) is 0 Å². The molecule has 1 saturated carbocycles. The fourth-order valence-electron chi connectivity index (χ4n) is 3.28. The fraction of sp³-hybridized carbons (Fsp3) is 0.471. The molecule has 1 aromatic carbocycles. The lowest BCUT2D eigenvalue weighted by atomic mass is 9.88. The quantitative estimate of drug-likeness (QED) is 0.863. The van der Waals surface area contributed by atoms with Crippen LogP contribution in [0.5, 0.6) is 0 Å². The highest BCUT2D eigenvalue weighted by atomic mass is 16.4. The topological polar surface area (TPSA) is 53.1 Å². The van der Waals surface area contributed by atoms with Gasteiger partial charge in [-0.25, -0.2) is 0 Å². The van der Waals surface area contributed by atoms with Gasteiger partial charge in [0.25, 0.3) is 0 Å². The number of carbonyl (C=O) groups is 1. The summed E-state index contributed by atoms with van der Waals surface area (Å²) in [4.78, 5) is 14.6. The maximum Gasteiger partial charge on any atom is 0.303 e. The molecular formula is C17H21NO2. The summed E-state index contributed by atoms with van der Waals surface area (Å²) in [7, 11) is 0. The molecule has 0 radical (unpaired) electrons. The van der Waals surface area contributed by atoms with Crippen molar-refractivity contribution in [2.24, 2.45) is 5.92 Å². The molecule has 0 saturated heterocycles. The standard InChI is InChI=1S/C17H21NO2/c1-3-11-4-7-15-14(8-11)17(10(2)18-15)13(9-16(19)20)12-5-6-12/h4,7-8,12-13,18H,3,5-6,9H2,1-2H3,(H,19,20). The minimum Gasteiger partial charge on any atom is -0.481 e. The molecule has 1 unspecified atom stereocenters. The van der Waals surface area contributed by atoms with E-state index in [0.717, 1.165) is 30.5 Å². The molecule has 1 aromatic heterocycles. The summed E-state index contributed by atoms with van der Waals surface area (Å²) in [5, 5.41) is 10.4. The Morgan fingerprint density at radius 1 is 1.45 bits per heavy atom. The summed E-state index contributed by atoms with van der Waals surface area (Å²) >= 11 is 0. The molecule has 2 N–H and O–H groups in total. The summed E-state index contributed by atoms with van der Waals surface area (Å²) in [5.41, 5.74) is 4.81. The van der Waals surface area contributed by atoms with Gasteiger partial charge in [0.15, 0.2) is 0 Å². The van der Waals surface area contributed by atoms with Crippen LogP contribution in [0.2, 0.25) is 0 Å². The first kappa shape index (κ1) is 13.2. The van der Waals surface area contributed by atoms with Crippen molar-refractivity contribution < 1.29 is 9.90 Å². The van der Waals surface area contributed by atoms with Crippen molar-refractivity contribution in [2.75, 3.05) is 0 Å². The van der Waals surface area contributed by atoms with E-state index in [4.69, 9.17) is 0 Å². The Hall–Kier alpha value is -1.77. The van der Waals surface area contributed by atoms with Crippen LogP contribution in [0.4, 0.5) is 0 Å².